The van der Waals surface area contributed by atoms with E-state index >= 15 is 0 Å². The van der Waals surface area contributed by atoms with Crippen LogP contribution in [-0.4, -0.2) is 23.1 Å². The van der Waals surface area contributed by atoms with Gasteiger partial charge in [-0.3, -0.25) is 0 Å². The summed E-state index contributed by atoms with van der Waals surface area (Å²) < 4.78 is 0. The number of aromatic amines is 1. The first-order chi connectivity index (χ1) is 11.6. The molecule has 2 amide bonds. The van der Waals surface area contributed by atoms with E-state index in [1.807, 2.05) is 12.1 Å². The molecule has 4 nitrogen and oxygen atoms in total. The Kier molecular flexibility index (Phi) is 5.44. The van der Waals surface area contributed by atoms with E-state index in [-0.39, 0.29) is 12.1 Å². The molecule has 1 aliphatic rings. The number of para-hydroxylation sites is 1. The predicted molar refractivity (Wildman–Crippen MR) is 99.2 cm³/mol. The Morgan fingerprint density at radius 3 is 2.88 bits per heavy atom. The topological polar surface area (TPSA) is 56.9 Å². The van der Waals surface area contributed by atoms with Gasteiger partial charge in [0, 0.05) is 29.7 Å². The molecule has 3 rings (SSSR count). The first kappa shape index (κ1) is 16.9. The van der Waals surface area contributed by atoms with Crippen LogP contribution < -0.4 is 10.6 Å². The number of urea groups is 1. The average molecular weight is 327 g/mol. The van der Waals surface area contributed by atoms with E-state index in [9.17, 15) is 4.79 Å². The van der Waals surface area contributed by atoms with E-state index in [0.29, 0.717) is 12.0 Å². The molecular weight excluding hydrogens is 298 g/mol. The summed E-state index contributed by atoms with van der Waals surface area (Å²) in [6.07, 6.45) is 6.93. The number of carbonyl (C=O) groups excluding carboxylic acids is 1. The maximum Gasteiger partial charge on any atom is 0.315 e. The Morgan fingerprint density at radius 1 is 1.25 bits per heavy atom. The van der Waals surface area contributed by atoms with Crippen LogP contribution in [-0.2, 0) is 6.42 Å². The monoisotopic (exact) mass is 327 g/mol. The maximum atomic E-state index is 12.3. The van der Waals surface area contributed by atoms with E-state index in [4.69, 9.17) is 0 Å². The molecule has 2 aromatic rings. The van der Waals surface area contributed by atoms with Gasteiger partial charge in [0.05, 0.1) is 0 Å². The lowest BCUT2D eigenvalue weighted by Gasteiger charge is -2.24. The second kappa shape index (κ2) is 7.73. The van der Waals surface area contributed by atoms with Crippen LogP contribution in [0.5, 0.6) is 0 Å². The molecule has 1 aromatic heterocycles. The number of nitrogens with one attached hydrogen (secondary N) is 3. The molecule has 3 N–H and O–H groups in total. The summed E-state index contributed by atoms with van der Waals surface area (Å²) in [6, 6.07) is 10.8. The highest BCUT2D eigenvalue weighted by molar-refractivity contribution is 5.80. The molecule has 4 heteroatoms. The Bertz CT molecular complexity index is 645. The molecule has 1 fully saturated rings. The highest BCUT2D eigenvalue weighted by atomic mass is 16.2. The van der Waals surface area contributed by atoms with Gasteiger partial charge in [0.15, 0.2) is 0 Å². The Morgan fingerprint density at radius 2 is 2.04 bits per heavy atom. The lowest BCUT2D eigenvalue weighted by Crippen LogP contribution is -2.47. The van der Waals surface area contributed by atoms with E-state index in [0.717, 1.165) is 24.1 Å². The molecule has 0 bridgehead atoms. The average Bonchev–Trinajstić information content (AvgIpc) is 2.84. The quantitative estimate of drug-likeness (QED) is 0.718. The fourth-order valence-electron chi connectivity index (χ4n) is 3.77. The van der Waals surface area contributed by atoms with Gasteiger partial charge in [0.2, 0.25) is 0 Å². The van der Waals surface area contributed by atoms with Crippen LogP contribution in [0.15, 0.2) is 30.3 Å². The summed E-state index contributed by atoms with van der Waals surface area (Å²) in [5.41, 5.74) is 2.31. The number of aromatic nitrogens is 1. The van der Waals surface area contributed by atoms with Gasteiger partial charge in [-0.05, 0) is 43.2 Å². The van der Waals surface area contributed by atoms with Gasteiger partial charge in [-0.15, -0.1) is 0 Å². The largest absolute Gasteiger partial charge is 0.358 e. The molecule has 24 heavy (non-hydrogen) atoms. The maximum absolute atomic E-state index is 12.3. The van der Waals surface area contributed by atoms with Crippen molar-refractivity contribution < 1.29 is 4.79 Å². The van der Waals surface area contributed by atoms with E-state index in [2.05, 4.69) is 47.7 Å². The van der Waals surface area contributed by atoms with Gasteiger partial charge in [0.25, 0.3) is 0 Å². The molecule has 1 saturated carbocycles. The number of carbonyl (C=O) groups is 1. The van der Waals surface area contributed by atoms with Crippen LogP contribution in [0.25, 0.3) is 10.9 Å². The van der Waals surface area contributed by atoms with Crippen molar-refractivity contribution in [3.05, 3.63) is 36.0 Å². The fourth-order valence-corrected chi connectivity index (χ4v) is 3.77. The highest BCUT2D eigenvalue weighted by Gasteiger charge is 2.22. The Labute approximate surface area is 144 Å². The van der Waals surface area contributed by atoms with Gasteiger partial charge in [-0.2, -0.15) is 0 Å². The zero-order valence-corrected chi connectivity index (χ0v) is 14.8. The number of benzene rings is 1. The van der Waals surface area contributed by atoms with E-state index in [1.165, 1.54) is 31.1 Å². The number of hydrogen-bond donors (Lipinski definition) is 3. The van der Waals surface area contributed by atoms with Crippen LogP contribution in [0.4, 0.5) is 4.79 Å². The van der Waals surface area contributed by atoms with Gasteiger partial charge in [0.1, 0.15) is 0 Å². The van der Waals surface area contributed by atoms with Crippen molar-refractivity contribution in [2.75, 3.05) is 0 Å². The summed E-state index contributed by atoms with van der Waals surface area (Å²) in [5, 5.41) is 7.50. The molecular formula is C20H29N3O. The molecule has 130 valence electrons. The Hall–Kier alpha value is -1.97. The van der Waals surface area contributed by atoms with E-state index in [1.54, 1.807) is 0 Å². The van der Waals surface area contributed by atoms with E-state index < -0.39 is 0 Å². The van der Waals surface area contributed by atoms with Crippen molar-refractivity contribution in [1.29, 1.82) is 0 Å². The van der Waals surface area contributed by atoms with Crippen LogP contribution in [0.2, 0.25) is 0 Å². The number of rotatable bonds is 4. The van der Waals surface area contributed by atoms with Crippen molar-refractivity contribution >= 4 is 16.9 Å². The molecule has 0 radical (unpaired) electrons. The van der Waals surface area contributed by atoms with Gasteiger partial charge < -0.3 is 15.6 Å². The highest BCUT2D eigenvalue weighted by Crippen LogP contribution is 2.23. The molecule has 0 aliphatic heterocycles. The SMILES string of the molecule is CC(Cc1cc2ccccc2[nH]1)NC(=O)NC1CCCCCC1C. The first-order valence-electron chi connectivity index (χ1n) is 9.25. The zero-order valence-electron chi connectivity index (χ0n) is 14.8. The summed E-state index contributed by atoms with van der Waals surface area (Å²) >= 11 is 0. The van der Waals surface area contributed by atoms with Crippen molar-refractivity contribution in [3.63, 3.8) is 0 Å². The summed E-state index contributed by atoms with van der Waals surface area (Å²) in [5.74, 6) is 0.572. The lowest BCUT2D eigenvalue weighted by atomic mass is 9.97. The number of amides is 2. The predicted octanol–water partition coefficient (Wildman–Crippen LogP) is 4.37. The second-order valence-corrected chi connectivity index (χ2v) is 7.33. The normalized spacial score (nSPS) is 22.8. The van der Waals surface area contributed by atoms with Crippen molar-refractivity contribution in [3.8, 4) is 0 Å². The zero-order chi connectivity index (χ0) is 16.9. The standard InChI is InChI=1S/C20H29N3O/c1-14-8-4-3-5-10-18(14)23-20(24)21-15(2)12-17-13-16-9-6-7-11-19(16)22-17/h6-7,9,11,13-15,18,22H,3-5,8,10,12H2,1-2H3,(H2,21,23,24). The Balaban J connectivity index is 1.52. The minimum absolute atomic E-state index is 0.0302. The summed E-state index contributed by atoms with van der Waals surface area (Å²) in [7, 11) is 0. The van der Waals surface area contributed by atoms with Crippen molar-refractivity contribution in [2.45, 2.75) is 64.5 Å². The molecule has 1 aromatic carbocycles. The number of hydrogen-bond acceptors (Lipinski definition) is 1. The molecule has 0 saturated heterocycles. The molecule has 1 aliphatic carbocycles. The lowest BCUT2D eigenvalue weighted by molar-refractivity contribution is 0.227. The van der Waals surface area contributed by atoms with Gasteiger partial charge in [-0.1, -0.05) is 44.4 Å². The van der Waals surface area contributed by atoms with Crippen LogP contribution in [0, 0.1) is 5.92 Å². The summed E-state index contributed by atoms with van der Waals surface area (Å²) in [6.45, 7) is 4.31. The van der Waals surface area contributed by atoms with Crippen molar-refractivity contribution in [1.82, 2.24) is 15.6 Å². The van der Waals surface area contributed by atoms with Gasteiger partial charge >= 0.3 is 6.03 Å². The number of fused-ring (bicyclic) bond motifs is 1. The smallest absolute Gasteiger partial charge is 0.315 e. The third-order valence-corrected chi connectivity index (χ3v) is 5.17. The third kappa shape index (κ3) is 4.31. The molecule has 0 spiro atoms. The summed E-state index contributed by atoms with van der Waals surface area (Å²) in [4.78, 5) is 15.7. The van der Waals surface area contributed by atoms with Crippen LogP contribution in [0.1, 0.15) is 51.6 Å². The molecule has 3 unspecified atom stereocenters. The number of H-pyrrole nitrogens is 1. The third-order valence-electron chi connectivity index (χ3n) is 5.17. The van der Waals surface area contributed by atoms with Crippen LogP contribution in [0.3, 0.4) is 0 Å². The molecule has 1 heterocycles. The van der Waals surface area contributed by atoms with Gasteiger partial charge in [-0.25, -0.2) is 4.79 Å². The fraction of sp³-hybridized carbons (Fsp3) is 0.550. The molecule has 3 atom stereocenters. The second-order valence-electron chi connectivity index (χ2n) is 7.33. The minimum Gasteiger partial charge on any atom is -0.358 e. The first-order valence-corrected chi connectivity index (χ1v) is 9.25. The van der Waals surface area contributed by atoms with Crippen molar-refractivity contribution in [2.24, 2.45) is 5.92 Å². The minimum atomic E-state index is -0.0302. The van der Waals surface area contributed by atoms with Crippen LogP contribution >= 0.6 is 0 Å².